The van der Waals surface area contributed by atoms with E-state index in [1.54, 1.807) is 4.90 Å². The number of amides is 1. The third kappa shape index (κ3) is 2.30. The summed E-state index contributed by atoms with van der Waals surface area (Å²) in [7, 11) is 0. The van der Waals surface area contributed by atoms with Gasteiger partial charge in [0, 0.05) is 25.2 Å². The molecule has 0 spiro atoms. The van der Waals surface area contributed by atoms with E-state index in [1.807, 2.05) is 0 Å². The SMILES string of the molecule is O=C(c1c(O)cccc1F)N1CCC2CCC(C1)N2. The van der Waals surface area contributed by atoms with Gasteiger partial charge >= 0.3 is 0 Å². The number of likely N-dealkylation sites (tertiary alicyclic amines) is 1. The van der Waals surface area contributed by atoms with E-state index in [-0.39, 0.29) is 11.3 Å². The minimum atomic E-state index is -0.660. The summed E-state index contributed by atoms with van der Waals surface area (Å²) in [4.78, 5) is 14.0. The first-order chi connectivity index (χ1) is 9.15. The molecule has 1 aromatic carbocycles. The Labute approximate surface area is 111 Å². The van der Waals surface area contributed by atoms with Crippen LogP contribution in [0.4, 0.5) is 4.39 Å². The second-order valence-corrected chi connectivity index (χ2v) is 5.31. The van der Waals surface area contributed by atoms with Gasteiger partial charge in [0.2, 0.25) is 0 Å². The topological polar surface area (TPSA) is 52.6 Å². The van der Waals surface area contributed by atoms with Crippen LogP contribution in [0.2, 0.25) is 0 Å². The predicted octanol–water partition coefficient (Wildman–Crippen LogP) is 1.50. The average molecular weight is 264 g/mol. The quantitative estimate of drug-likeness (QED) is 0.808. The van der Waals surface area contributed by atoms with Crippen LogP contribution >= 0.6 is 0 Å². The molecular formula is C14H17FN2O2. The van der Waals surface area contributed by atoms with Crippen molar-refractivity contribution in [2.45, 2.75) is 31.3 Å². The van der Waals surface area contributed by atoms with E-state index < -0.39 is 11.7 Å². The van der Waals surface area contributed by atoms with Gasteiger partial charge in [-0.15, -0.1) is 0 Å². The molecule has 102 valence electrons. The van der Waals surface area contributed by atoms with Crippen molar-refractivity contribution < 1.29 is 14.3 Å². The minimum Gasteiger partial charge on any atom is -0.507 e. The molecule has 0 radical (unpaired) electrons. The highest BCUT2D eigenvalue weighted by Crippen LogP contribution is 2.25. The van der Waals surface area contributed by atoms with Crippen molar-refractivity contribution in [3.05, 3.63) is 29.6 Å². The molecule has 0 aliphatic carbocycles. The van der Waals surface area contributed by atoms with Gasteiger partial charge in [-0.2, -0.15) is 0 Å². The Morgan fingerprint density at radius 2 is 2.11 bits per heavy atom. The molecule has 4 nitrogen and oxygen atoms in total. The van der Waals surface area contributed by atoms with Crippen LogP contribution in [-0.2, 0) is 0 Å². The van der Waals surface area contributed by atoms with Gasteiger partial charge < -0.3 is 15.3 Å². The van der Waals surface area contributed by atoms with Gasteiger partial charge in [0.05, 0.1) is 0 Å². The lowest BCUT2D eigenvalue weighted by atomic mass is 10.1. The zero-order valence-electron chi connectivity index (χ0n) is 10.6. The lowest BCUT2D eigenvalue weighted by Crippen LogP contribution is -2.39. The molecule has 2 unspecified atom stereocenters. The van der Waals surface area contributed by atoms with Gasteiger partial charge in [0.15, 0.2) is 0 Å². The standard InChI is InChI=1S/C14H17FN2O2/c15-11-2-1-3-12(18)13(11)14(19)17-7-6-9-4-5-10(8-17)16-9/h1-3,9-10,16,18H,4-8H2. The maximum Gasteiger partial charge on any atom is 0.260 e. The number of phenols is 1. The van der Waals surface area contributed by atoms with Gasteiger partial charge in [0.1, 0.15) is 17.1 Å². The Balaban J connectivity index is 1.84. The molecule has 2 heterocycles. The van der Waals surface area contributed by atoms with Crippen LogP contribution in [0.25, 0.3) is 0 Å². The summed E-state index contributed by atoms with van der Waals surface area (Å²) >= 11 is 0. The normalized spacial score (nSPS) is 26.3. The number of hydrogen-bond acceptors (Lipinski definition) is 3. The number of nitrogens with one attached hydrogen (secondary N) is 1. The number of rotatable bonds is 1. The molecule has 1 amide bonds. The summed E-state index contributed by atoms with van der Waals surface area (Å²) in [5, 5.41) is 13.2. The molecule has 2 saturated heterocycles. The molecule has 2 aliphatic rings. The molecule has 1 aromatic rings. The van der Waals surface area contributed by atoms with Crippen molar-refractivity contribution >= 4 is 5.91 Å². The Hall–Kier alpha value is -1.62. The van der Waals surface area contributed by atoms with Gasteiger partial charge in [0.25, 0.3) is 5.91 Å². The van der Waals surface area contributed by atoms with Crippen LogP contribution in [0.15, 0.2) is 18.2 Å². The van der Waals surface area contributed by atoms with Crippen LogP contribution in [0.1, 0.15) is 29.6 Å². The third-order valence-corrected chi connectivity index (χ3v) is 4.02. The zero-order chi connectivity index (χ0) is 13.4. The Morgan fingerprint density at radius 3 is 2.89 bits per heavy atom. The smallest absolute Gasteiger partial charge is 0.260 e. The first kappa shape index (κ1) is 12.4. The molecule has 2 fully saturated rings. The fourth-order valence-corrected chi connectivity index (χ4v) is 3.01. The zero-order valence-corrected chi connectivity index (χ0v) is 10.6. The monoisotopic (exact) mass is 264 g/mol. The molecule has 19 heavy (non-hydrogen) atoms. The number of phenolic OH excluding ortho intramolecular Hbond substituents is 1. The van der Waals surface area contributed by atoms with E-state index in [1.165, 1.54) is 18.2 Å². The highest BCUT2D eigenvalue weighted by Gasteiger charge is 2.32. The average Bonchev–Trinajstić information content (AvgIpc) is 2.68. The van der Waals surface area contributed by atoms with Crippen molar-refractivity contribution in [3.63, 3.8) is 0 Å². The first-order valence-corrected chi connectivity index (χ1v) is 6.68. The fraction of sp³-hybridized carbons (Fsp3) is 0.500. The number of aromatic hydroxyl groups is 1. The van der Waals surface area contributed by atoms with E-state index in [0.29, 0.717) is 25.2 Å². The van der Waals surface area contributed by atoms with Crippen LogP contribution < -0.4 is 5.32 Å². The summed E-state index contributed by atoms with van der Waals surface area (Å²) in [5.41, 5.74) is -0.208. The minimum absolute atomic E-state index is 0.208. The van der Waals surface area contributed by atoms with Gasteiger partial charge in [-0.1, -0.05) is 6.07 Å². The summed E-state index contributed by atoms with van der Waals surface area (Å²) in [5.74, 6) is -1.36. The first-order valence-electron chi connectivity index (χ1n) is 6.68. The van der Waals surface area contributed by atoms with Crippen LogP contribution in [0.3, 0.4) is 0 Å². The van der Waals surface area contributed by atoms with Gasteiger partial charge in [-0.05, 0) is 31.4 Å². The number of carbonyl (C=O) groups is 1. The number of halogens is 1. The van der Waals surface area contributed by atoms with Crippen molar-refractivity contribution in [1.82, 2.24) is 10.2 Å². The molecule has 3 rings (SSSR count). The molecule has 0 aromatic heterocycles. The molecule has 2 atom stereocenters. The van der Waals surface area contributed by atoms with E-state index in [9.17, 15) is 14.3 Å². The third-order valence-electron chi connectivity index (χ3n) is 4.02. The fourth-order valence-electron chi connectivity index (χ4n) is 3.01. The summed E-state index contributed by atoms with van der Waals surface area (Å²) in [6.07, 6.45) is 3.09. The molecule has 2 N–H and O–H groups in total. The van der Waals surface area contributed by atoms with E-state index in [2.05, 4.69) is 5.32 Å². The van der Waals surface area contributed by atoms with E-state index in [4.69, 9.17) is 0 Å². The van der Waals surface area contributed by atoms with Gasteiger partial charge in [-0.25, -0.2) is 4.39 Å². The number of hydrogen-bond donors (Lipinski definition) is 2. The highest BCUT2D eigenvalue weighted by atomic mass is 19.1. The second-order valence-electron chi connectivity index (χ2n) is 5.31. The number of nitrogens with zero attached hydrogens (tertiary/aromatic N) is 1. The molecular weight excluding hydrogens is 247 g/mol. The number of fused-ring (bicyclic) bond motifs is 2. The lowest BCUT2D eigenvalue weighted by molar-refractivity contribution is 0.0740. The van der Waals surface area contributed by atoms with E-state index >= 15 is 0 Å². The molecule has 2 bridgehead atoms. The van der Waals surface area contributed by atoms with Crippen LogP contribution in [0, 0.1) is 5.82 Å². The summed E-state index contributed by atoms with van der Waals surface area (Å²) < 4.78 is 13.7. The van der Waals surface area contributed by atoms with Crippen LogP contribution in [-0.4, -0.2) is 41.1 Å². The largest absolute Gasteiger partial charge is 0.507 e. The number of carbonyl (C=O) groups excluding carboxylic acids is 1. The van der Waals surface area contributed by atoms with Crippen molar-refractivity contribution in [2.75, 3.05) is 13.1 Å². The Kier molecular flexibility index (Phi) is 3.14. The van der Waals surface area contributed by atoms with Gasteiger partial charge in [-0.3, -0.25) is 4.79 Å². The Morgan fingerprint density at radius 1 is 1.32 bits per heavy atom. The van der Waals surface area contributed by atoms with Crippen LogP contribution in [0.5, 0.6) is 5.75 Å². The lowest BCUT2D eigenvalue weighted by Gasteiger charge is -2.24. The second kappa shape index (κ2) is 4.81. The molecule has 5 heteroatoms. The van der Waals surface area contributed by atoms with Crippen molar-refractivity contribution in [3.8, 4) is 5.75 Å². The number of benzene rings is 1. The maximum absolute atomic E-state index is 13.7. The highest BCUT2D eigenvalue weighted by molar-refractivity contribution is 5.97. The van der Waals surface area contributed by atoms with Crippen molar-refractivity contribution in [1.29, 1.82) is 0 Å². The summed E-state index contributed by atoms with van der Waals surface area (Å²) in [6.45, 7) is 1.20. The summed E-state index contributed by atoms with van der Waals surface area (Å²) in [6, 6.07) is 4.71. The molecule has 2 aliphatic heterocycles. The Bertz CT molecular complexity index is 486. The van der Waals surface area contributed by atoms with Crippen molar-refractivity contribution in [2.24, 2.45) is 0 Å². The predicted molar refractivity (Wildman–Crippen MR) is 68.5 cm³/mol. The van der Waals surface area contributed by atoms with E-state index in [0.717, 1.165) is 19.3 Å². The molecule has 0 saturated carbocycles. The maximum atomic E-state index is 13.7.